The van der Waals surface area contributed by atoms with Gasteiger partial charge in [0.25, 0.3) is 0 Å². The second-order valence-electron chi connectivity index (χ2n) is 7.48. The number of nitrogens with one attached hydrogen (secondary N) is 1. The van der Waals surface area contributed by atoms with Crippen molar-refractivity contribution in [2.75, 3.05) is 13.7 Å². The summed E-state index contributed by atoms with van der Waals surface area (Å²) in [6.45, 7) is 1.38. The van der Waals surface area contributed by atoms with E-state index in [2.05, 4.69) is 10.4 Å². The fourth-order valence-corrected chi connectivity index (χ4v) is 4.70. The van der Waals surface area contributed by atoms with Crippen LogP contribution in [0.25, 0.3) is 0 Å². The van der Waals surface area contributed by atoms with Gasteiger partial charge in [0.1, 0.15) is 11.8 Å². The molecule has 7 heteroatoms. The molecule has 2 aliphatic heterocycles. The minimum atomic E-state index is -0.253. The Hall–Kier alpha value is -2.12. The highest BCUT2D eigenvalue weighted by molar-refractivity contribution is 5.84. The van der Waals surface area contributed by atoms with Gasteiger partial charge in [-0.15, -0.1) is 0 Å². The Bertz CT molecular complexity index is 693. The number of ether oxygens (including phenoxy) is 1. The molecule has 2 saturated heterocycles. The Labute approximate surface area is 153 Å². The second kappa shape index (κ2) is 6.89. The summed E-state index contributed by atoms with van der Waals surface area (Å²) in [7, 11) is 1.64. The van der Waals surface area contributed by atoms with E-state index in [1.165, 1.54) is 0 Å². The van der Waals surface area contributed by atoms with E-state index in [4.69, 9.17) is 10.5 Å². The first kappa shape index (κ1) is 17.3. The summed E-state index contributed by atoms with van der Waals surface area (Å²) in [4.78, 5) is 26.9. The van der Waals surface area contributed by atoms with Gasteiger partial charge in [-0.3, -0.25) is 15.0 Å². The first-order valence-electron chi connectivity index (χ1n) is 9.33. The number of benzene rings is 1. The van der Waals surface area contributed by atoms with E-state index in [-0.39, 0.29) is 35.9 Å². The molecular weight excluding hydrogens is 332 g/mol. The number of nitrogens with zero attached hydrogens (tertiary/aromatic N) is 2. The first-order chi connectivity index (χ1) is 12.6. The number of hydrogen-bond donors (Lipinski definition) is 2. The molecule has 1 aliphatic carbocycles. The van der Waals surface area contributed by atoms with E-state index in [0.29, 0.717) is 13.0 Å². The molecule has 3 N–H and O–H groups in total. The number of fused-ring (bicyclic) bond motifs is 3. The van der Waals surface area contributed by atoms with Crippen molar-refractivity contribution in [1.29, 1.82) is 0 Å². The Kier molecular flexibility index (Phi) is 4.58. The molecule has 2 amide bonds. The molecule has 140 valence electrons. The fraction of sp³-hybridized carbons (Fsp3) is 0.579. The van der Waals surface area contributed by atoms with Crippen LogP contribution in [0.4, 0.5) is 0 Å². The van der Waals surface area contributed by atoms with Crippen LogP contribution in [0.2, 0.25) is 0 Å². The topological polar surface area (TPSA) is 87.9 Å². The molecule has 26 heavy (non-hydrogen) atoms. The Morgan fingerprint density at radius 1 is 1.23 bits per heavy atom. The van der Waals surface area contributed by atoms with Crippen molar-refractivity contribution >= 4 is 11.8 Å². The van der Waals surface area contributed by atoms with Gasteiger partial charge in [-0.25, -0.2) is 5.01 Å². The molecule has 1 aromatic carbocycles. The minimum absolute atomic E-state index is 0.0118. The predicted octanol–water partition coefficient (Wildman–Crippen LogP) is 0.639. The van der Waals surface area contributed by atoms with Gasteiger partial charge < -0.3 is 15.4 Å². The Balaban J connectivity index is 1.60. The van der Waals surface area contributed by atoms with Crippen LogP contribution in [0.3, 0.4) is 0 Å². The molecule has 1 saturated carbocycles. The van der Waals surface area contributed by atoms with Gasteiger partial charge in [0, 0.05) is 31.1 Å². The molecule has 4 unspecified atom stereocenters. The van der Waals surface area contributed by atoms with Crippen molar-refractivity contribution in [3.05, 3.63) is 29.8 Å². The summed E-state index contributed by atoms with van der Waals surface area (Å²) in [5.74, 6) is 0.546. The molecule has 3 fully saturated rings. The number of carbonyl (C=O) groups is 2. The SMILES string of the molecule is COc1ccc(CN2C(=O)C3CCNN3C3CCC(C(N)=O)CC32)cc1. The zero-order valence-electron chi connectivity index (χ0n) is 15.1. The lowest BCUT2D eigenvalue weighted by Gasteiger charge is -2.51. The first-order valence-corrected chi connectivity index (χ1v) is 9.33. The van der Waals surface area contributed by atoms with E-state index in [1.807, 2.05) is 29.2 Å². The number of hydrazine groups is 1. The quantitative estimate of drug-likeness (QED) is 0.825. The molecule has 7 nitrogen and oxygen atoms in total. The third kappa shape index (κ3) is 2.95. The van der Waals surface area contributed by atoms with Crippen LogP contribution in [0.5, 0.6) is 5.75 Å². The number of primary amides is 1. The molecule has 3 aliphatic rings. The smallest absolute Gasteiger partial charge is 0.242 e. The van der Waals surface area contributed by atoms with Gasteiger partial charge in [-0.1, -0.05) is 12.1 Å². The summed E-state index contributed by atoms with van der Waals surface area (Å²) in [5, 5.41) is 2.15. The average Bonchev–Trinajstić information content (AvgIpc) is 3.15. The number of piperazine rings is 1. The van der Waals surface area contributed by atoms with Crippen molar-refractivity contribution < 1.29 is 14.3 Å². The number of hydrogen-bond acceptors (Lipinski definition) is 5. The van der Waals surface area contributed by atoms with Crippen LogP contribution < -0.4 is 15.9 Å². The molecule has 1 aromatic rings. The lowest BCUT2D eigenvalue weighted by atomic mass is 9.78. The van der Waals surface area contributed by atoms with E-state index in [0.717, 1.165) is 37.1 Å². The van der Waals surface area contributed by atoms with Crippen molar-refractivity contribution in [3.8, 4) is 5.75 Å². The molecule has 2 heterocycles. The number of rotatable bonds is 4. The molecule has 0 radical (unpaired) electrons. The zero-order chi connectivity index (χ0) is 18.3. The lowest BCUT2D eigenvalue weighted by Crippen LogP contribution is -2.68. The maximum absolute atomic E-state index is 13.2. The lowest BCUT2D eigenvalue weighted by molar-refractivity contribution is -0.157. The average molecular weight is 358 g/mol. The van der Waals surface area contributed by atoms with E-state index < -0.39 is 0 Å². The largest absolute Gasteiger partial charge is 0.497 e. The zero-order valence-corrected chi connectivity index (χ0v) is 15.1. The van der Waals surface area contributed by atoms with E-state index in [9.17, 15) is 9.59 Å². The number of amides is 2. The van der Waals surface area contributed by atoms with Gasteiger partial charge >= 0.3 is 0 Å². The molecule has 0 spiro atoms. The van der Waals surface area contributed by atoms with Crippen molar-refractivity contribution in [3.63, 3.8) is 0 Å². The van der Waals surface area contributed by atoms with Gasteiger partial charge in [0.15, 0.2) is 0 Å². The van der Waals surface area contributed by atoms with Gasteiger partial charge in [0.2, 0.25) is 11.8 Å². The highest BCUT2D eigenvalue weighted by Crippen LogP contribution is 2.38. The molecule has 4 atom stereocenters. The third-order valence-corrected chi connectivity index (χ3v) is 6.07. The van der Waals surface area contributed by atoms with Gasteiger partial charge in [-0.2, -0.15) is 0 Å². The van der Waals surface area contributed by atoms with Crippen LogP contribution in [-0.2, 0) is 16.1 Å². The monoisotopic (exact) mass is 358 g/mol. The minimum Gasteiger partial charge on any atom is -0.497 e. The van der Waals surface area contributed by atoms with Crippen molar-refractivity contribution in [2.45, 2.75) is 50.4 Å². The second-order valence-corrected chi connectivity index (χ2v) is 7.48. The van der Waals surface area contributed by atoms with Crippen LogP contribution in [-0.4, -0.2) is 53.5 Å². The Morgan fingerprint density at radius 2 is 2.00 bits per heavy atom. The predicted molar refractivity (Wildman–Crippen MR) is 95.9 cm³/mol. The molecular formula is C19H26N4O3. The van der Waals surface area contributed by atoms with Crippen LogP contribution >= 0.6 is 0 Å². The number of methoxy groups -OCH3 is 1. The molecule has 0 bridgehead atoms. The van der Waals surface area contributed by atoms with Crippen LogP contribution in [0.15, 0.2) is 24.3 Å². The third-order valence-electron chi connectivity index (χ3n) is 6.07. The maximum Gasteiger partial charge on any atom is 0.242 e. The van der Waals surface area contributed by atoms with E-state index >= 15 is 0 Å². The van der Waals surface area contributed by atoms with Gasteiger partial charge in [0.05, 0.1) is 7.11 Å². The maximum atomic E-state index is 13.2. The molecule has 4 rings (SSSR count). The summed E-state index contributed by atoms with van der Waals surface area (Å²) in [6.07, 6.45) is 3.16. The standard InChI is InChI=1S/C19H26N4O3/c1-26-14-5-2-12(3-6-14)11-22-17-10-13(18(20)24)4-7-15(17)23-16(19(22)25)8-9-21-23/h2-3,5-6,13,15-17,21H,4,7-11H2,1H3,(H2,20,24). The highest BCUT2D eigenvalue weighted by Gasteiger charge is 2.51. The normalized spacial score (nSPS) is 31.4. The fourth-order valence-electron chi connectivity index (χ4n) is 4.70. The van der Waals surface area contributed by atoms with Gasteiger partial charge in [-0.05, 0) is 43.4 Å². The molecule has 0 aromatic heterocycles. The van der Waals surface area contributed by atoms with Crippen molar-refractivity contribution in [2.24, 2.45) is 11.7 Å². The summed E-state index contributed by atoms with van der Waals surface area (Å²) in [5.41, 5.74) is 10.0. The Morgan fingerprint density at radius 3 is 2.69 bits per heavy atom. The summed E-state index contributed by atoms with van der Waals surface area (Å²) >= 11 is 0. The number of nitrogens with two attached hydrogens (primary N) is 1. The highest BCUT2D eigenvalue weighted by atomic mass is 16.5. The van der Waals surface area contributed by atoms with Crippen LogP contribution in [0.1, 0.15) is 31.2 Å². The number of carbonyl (C=O) groups excluding carboxylic acids is 2. The summed E-state index contributed by atoms with van der Waals surface area (Å²) in [6, 6.07) is 7.98. The summed E-state index contributed by atoms with van der Waals surface area (Å²) < 4.78 is 5.22. The van der Waals surface area contributed by atoms with E-state index in [1.54, 1.807) is 7.11 Å². The van der Waals surface area contributed by atoms with Crippen molar-refractivity contribution in [1.82, 2.24) is 15.3 Å². The van der Waals surface area contributed by atoms with Crippen LogP contribution in [0, 0.1) is 5.92 Å².